The monoisotopic (exact) mass is 391 g/mol. The summed E-state index contributed by atoms with van der Waals surface area (Å²) in [4.78, 5) is 24.0. The first-order chi connectivity index (χ1) is 14.1. The first-order valence-electron chi connectivity index (χ1n) is 9.04. The van der Waals surface area contributed by atoms with Crippen LogP contribution in [0.1, 0.15) is 5.56 Å². The minimum Gasteiger partial charge on any atom is -0.496 e. The van der Waals surface area contributed by atoms with E-state index in [9.17, 15) is 9.59 Å². The largest absolute Gasteiger partial charge is 0.496 e. The van der Waals surface area contributed by atoms with Crippen LogP contribution in [0.25, 0.3) is 0 Å². The number of carbonyl (C=O) groups excluding carboxylic acids is 2. The molecule has 0 aliphatic heterocycles. The van der Waals surface area contributed by atoms with Crippen LogP contribution in [0.2, 0.25) is 0 Å². The smallest absolute Gasteiger partial charge is 0.310 e. The molecule has 6 nitrogen and oxygen atoms in total. The van der Waals surface area contributed by atoms with E-state index < -0.39 is 11.9 Å². The summed E-state index contributed by atoms with van der Waals surface area (Å²) >= 11 is 0. The summed E-state index contributed by atoms with van der Waals surface area (Å²) in [6.07, 6.45) is 0.0306. The summed E-state index contributed by atoms with van der Waals surface area (Å²) in [5.41, 5.74) is 1.28. The van der Waals surface area contributed by atoms with Gasteiger partial charge in [0.25, 0.3) is 5.91 Å². The lowest BCUT2D eigenvalue weighted by Gasteiger charge is -2.10. The molecular formula is C23H21NO5. The maximum Gasteiger partial charge on any atom is 0.310 e. The third-order valence-corrected chi connectivity index (χ3v) is 4.01. The highest BCUT2D eigenvalue weighted by atomic mass is 16.5. The third-order valence-electron chi connectivity index (χ3n) is 4.01. The van der Waals surface area contributed by atoms with E-state index in [1.54, 1.807) is 36.4 Å². The molecule has 0 saturated carbocycles. The van der Waals surface area contributed by atoms with Crippen molar-refractivity contribution in [2.24, 2.45) is 0 Å². The van der Waals surface area contributed by atoms with E-state index in [4.69, 9.17) is 14.2 Å². The van der Waals surface area contributed by atoms with E-state index in [0.29, 0.717) is 22.7 Å². The summed E-state index contributed by atoms with van der Waals surface area (Å²) in [7, 11) is 1.54. The molecule has 1 N–H and O–H groups in total. The van der Waals surface area contributed by atoms with Crippen LogP contribution in [-0.4, -0.2) is 25.6 Å². The second-order valence-corrected chi connectivity index (χ2v) is 6.14. The number of esters is 1. The van der Waals surface area contributed by atoms with Gasteiger partial charge >= 0.3 is 5.97 Å². The highest BCUT2D eigenvalue weighted by Gasteiger charge is 2.12. The number of benzene rings is 3. The predicted octanol–water partition coefficient (Wildman–Crippen LogP) is 4.21. The maximum absolute atomic E-state index is 12.0. The van der Waals surface area contributed by atoms with Crippen molar-refractivity contribution in [2.45, 2.75) is 6.42 Å². The van der Waals surface area contributed by atoms with E-state index in [1.807, 2.05) is 42.5 Å². The van der Waals surface area contributed by atoms with Gasteiger partial charge < -0.3 is 19.5 Å². The van der Waals surface area contributed by atoms with E-state index in [2.05, 4.69) is 5.32 Å². The van der Waals surface area contributed by atoms with Gasteiger partial charge in [0.15, 0.2) is 6.61 Å². The molecule has 0 atom stereocenters. The molecule has 0 fully saturated rings. The maximum atomic E-state index is 12.0. The van der Waals surface area contributed by atoms with E-state index >= 15 is 0 Å². The number of para-hydroxylation sites is 2. The highest BCUT2D eigenvalue weighted by Crippen LogP contribution is 2.22. The summed E-state index contributed by atoms with van der Waals surface area (Å²) in [6, 6.07) is 23.5. The predicted molar refractivity (Wildman–Crippen MR) is 109 cm³/mol. The van der Waals surface area contributed by atoms with Crippen LogP contribution in [0.3, 0.4) is 0 Å². The Morgan fingerprint density at radius 3 is 2.21 bits per heavy atom. The van der Waals surface area contributed by atoms with E-state index in [0.717, 1.165) is 5.75 Å². The van der Waals surface area contributed by atoms with Gasteiger partial charge in [0, 0.05) is 11.3 Å². The van der Waals surface area contributed by atoms with Gasteiger partial charge in [0.05, 0.1) is 13.5 Å². The molecule has 0 radical (unpaired) electrons. The molecule has 3 rings (SSSR count). The Labute approximate surface area is 169 Å². The fourth-order valence-corrected chi connectivity index (χ4v) is 2.63. The average Bonchev–Trinajstić information content (AvgIpc) is 2.75. The van der Waals surface area contributed by atoms with Gasteiger partial charge in [-0.25, -0.2) is 0 Å². The van der Waals surface area contributed by atoms with Gasteiger partial charge in [-0.2, -0.15) is 0 Å². The molecule has 0 aromatic heterocycles. The molecule has 0 unspecified atom stereocenters. The number of rotatable bonds is 8. The molecule has 0 saturated heterocycles. The van der Waals surface area contributed by atoms with Crippen molar-refractivity contribution in [3.05, 3.63) is 84.4 Å². The van der Waals surface area contributed by atoms with Crippen molar-refractivity contribution in [1.82, 2.24) is 0 Å². The fraction of sp³-hybridized carbons (Fsp3) is 0.130. The summed E-state index contributed by atoms with van der Waals surface area (Å²) < 4.78 is 16.0. The second kappa shape index (κ2) is 9.94. The number of nitrogens with one attached hydrogen (secondary N) is 1. The van der Waals surface area contributed by atoms with Crippen molar-refractivity contribution < 1.29 is 23.8 Å². The molecule has 1 amide bonds. The van der Waals surface area contributed by atoms with Crippen molar-refractivity contribution >= 4 is 17.6 Å². The van der Waals surface area contributed by atoms with Crippen molar-refractivity contribution in [2.75, 3.05) is 19.0 Å². The van der Waals surface area contributed by atoms with Gasteiger partial charge in [-0.05, 0) is 42.5 Å². The summed E-state index contributed by atoms with van der Waals surface area (Å²) in [6.45, 7) is -0.365. The minimum atomic E-state index is -0.503. The van der Waals surface area contributed by atoms with Crippen molar-refractivity contribution in [1.29, 1.82) is 0 Å². The third kappa shape index (κ3) is 6.10. The number of methoxy groups -OCH3 is 1. The Kier molecular flexibility index (Phi) is 6.84. The molecule has 3 aromatic carbocycles. The van der Waals surface area contributed by atoms with Crippen LogP contribution in [0, 0.1) is 0 Å². The quantitative estimate of drug-likeness (QED) is 0.582. The first kappa shape index (κ1) is 19.9. The zero-order valence-electron chi connectivity index (χ0n) is 16.0. The van der Waals surface area contributed by atoms with Gasteiger partial charge in [0.2, 0.25) is 0 Å². The average molecular weight is 391 g/mol. The zero-order valence-corrected chi connectivity index (χ0v) is 16.0. The van der Waals surface area contributed by atoms with Gasteiger partial charge in [-0.1, -0.05) is 36.4 Å². The molecule has 0 aliphatic rings. The van der Waals surface area contributed by atoms with Crippen LogP contribution in [-0.2, 0) is 20.7 Å². The number of hydrogen-bond acceptors (Lipinski definition) is 5. The summed E-state index contributed by atoms with van der Waals surface area (Å²) in [5, 5.41) is 2.68. The number of carbonyl (C=O) groups is 2. The molecule has 6 heteroatoms. The topological polar surface area (TPSA) is 73.9 Å². The van der Waals surface area contributed by atoms with Crippen molar-refractivity contribution in [3.8, 4) is 17.2 Å². The Morgan fingerprint density at radius 2 is 1.48 bits per heavy atom. The Hall–Kier alpha value is -3.80. The van der Waals surface area contributed by atoms with Gasteiger partial charge in [0.1, 0.15) is 17.2 Å². The van der Waals surface area contributed by atoms with Crippen LogP contribution >= 0.6 is 0 Å². The molecule has 0 bridgehead atoms. The standard InChI is InChI=1S/C23H21NO5/c1-27-21-10-6-5-7-17(21)15-23(26)28-16-22(25)24-18-11-13-20(14-12-18)29-19-8-3-2-4-9-19/h2-14H,15-16H2,1H3,(H,24,25). The second-order valence-electron chi connectivity index (χ2n) is 6.14. The van der Waals surface area contributed by atoms with E-state index in [1.165, 1.54) is 7.11 Å². The number of anilines is 1. The molecule has 148 valence electrons. The Morgan fingerprint density at radius 1 is 0.828 bits per heavy atom. The Balaban J connectivity index is 1.46. The van der Waals surface area contributed by atoms with Gasteiger partial charge in [-0.3, -0.25) is 9.59 Å². The SMILES string of the molecule is COc1ccccc1CC(=O)OCC(=O)Nc1ccc(Oc2ccccc2)cc1. The molecule has 0 aliphatic carbocycles. The fourth-order valence-electron chi connectivity index (χ4n) is 2.63. The number of amides is 1. The Bertz CT molecular complexity index is 955. The van der Waals surface area contributed by atoms with Crippen LogP contribution in [0.15, 0.2) is 78.9 Å². The van der Waals surface area contributed by atoms with Gasteiger partial charge in [-0.15, -0.1) is 0 Å². The van der Waals surface area contributed by atoms with Crippen LogP contribution < -0.4 is 14.8 Å². The lowest BCUT2D eigenvalue weighted by atomic mass is 10.1. The molecular weight excluding hydrogens is 370 g/mol. The lowest BCUT2D eigenvalue weighted by Crippen LogP contribution is -2.21. The normalized spacial score (nSPS) is 10.1. The van der Waals surface area contributed by atoms with Crippen LogP contribution in [0.5, 0.6) is 17.2 Å². The zero-order chi connectivity index (χ0) is 20.5. The molecule has 3 aromatic rings. The molecule has 29 heavy (non-hydrogen) atoms. The van der Waals surface area contributed by atoms with E-state index in [-0.39, 0.29) is 13.0 Å². The lowest BCUT2D eigenvalue weighted by molar-refractivity contribution is -0.146. The van der Waals surface area contributed by atoms with Crippen LogP contribution in [0.4, 0.5) is 5.69 Å². The summed E-state index contributed by atoms with van der Waals surface area (Å²) in [5.74, 6) is 1.06. The number of hydrogen-bond donors (Lipinski definition) is 1. The first-order valence-corrected chi connectivity index (χ1v) is 9.04. The minimum absolute atomic E-state index is 0.0306. The number of ether oxygens (including phenoxy) is 3. The molecule has 0 spiro atoms. The highest BCUT2D eigenvalue weighted by molar-refractivity contribution is 5.93. The van der Waals surface area contributed by atoms with Crippen molar-refractivity contribution in [3.63, 3.8) is 0 Å². The molecule has 0 heterocycles.